The van der Waals surface area contributed by atoms with Crippen LogP contribution in [0.3, 0.4) is 0 Å². The second-order valence-corrected chi connectivity index (χ2v) is 19.5. The van der Waals surface area contributed by atoms with Crippen molar-refractivity contribution in [2.75, 3.05) is 6.61 Å². The average Bonchev–Trinajstić information content (AvgIpc) is 4.39. The molecule has 4 aliphatic heterocycles. The maximum absolute atomic E-state index is 13.8. The van der Waals surface area contributed by atoms with Gasteiger partial charge in [0.25, 0.3) is 0 Å². The molecule has 2 fully saturated rings. The number of benzene rings is 6. The summed E-state index contributed by atoms with van der Waals surface area (Å²) >= 11 is 0. The van der Waals surface area contributed by atoms with Gasteiger partial charge in [-0.25, -0.2) is 9.97 Å². The highest BCUT2D eigenvalue weighted by Crippen LogP contribution is 2.40. The number of nitrogens with one attached hydrogen (secondary N) is 2. The minimum absolute atomic E-state index is 0.0450. The van der Waals surface area contributed by atoms with Crippen LogP contribution < -0.4 is 10.2 Å². The van der Waals surface area contributed by atoms with Gasteiger partial charge in [-0.05, 0) is 82.4 Å². The Bertz CT molecular complexity index is 4060. The molecular weight excluding hydrogens is 964 g/mol. The number of aromatic amines is 2. The number of nitrogens with zero attached hydrogens (tertiary/aromatic N) is 2. The molecule has 372 valence electrons. The minimum Gasteiger partial charge on any atom is -0.461 e. The Balaban J connectivity index is 0.890. The molecule has 13 heteroatoms. The van der Waals surface area contributed by atoms with Crippen LogP contribution in [0.2, 0.25) is 0 Å². The molecule has 3 aromatic heterocycles. The number of carbonyl (C=O) groups excluding carboxylic acids is 2. The molecular formula is C64H45BN4O8. The Kier molecular flexibility index (Phi) is 11.4. The van der Waals surface area contributed by atoms with Crippen molar-refractivity contribution in [3.8, 4) is 50.3 Å². The van der Waals surface area contributed by atoms with Crippen LogP contribution in [0.25, 0.3) is 90.9 Å². The van der Waals surface area contributed by atoms with Gasteiger partial charge < -0.3 is 39.0 Å². The Hall–Kier alpha value is -9.08. The summed E-state index contributed by atoms with van der Waals surface area (Å²) in [5.41, 5.74) is 15.1. The molecule has 1 aliphatic carbocycles. The van der Waals surface area contributed by atoms with E-state index in [1.807, 2.05) is 91.0 Å². The number of fused-ring (bicyclic) bond motifs is 11. The summed E-state index contributed by atoms with van der Waals surface area (Å²) in [6.07, 6.45) is 1.72. The van der Waals surface area contributed by atoms with Gasteiger partial charge in [0.15, 0.2) is 11.6 Å². The van der Waals surface area contributed by atoms with E-state index in [4.69, 9.17) is 28.8 Å². The van der Waals surface area contributed by atoms with Gasteiger partial charge in [-0.1, -0.05) is 152 Å². The summed E-state index contributed by atoms with van der Waals surface area (Å²) in [7, 11) is -1.03. The van der Waals surface area contributed by atoms with E-state index in [2.05, 4.69) is 82.8 Å². The second kappa shape index (κ2) is 18.9. The number of H-pyrrole nitrogens is 2. The molecule has 0 unspecified atom stereocenters. The van der Waals surface area contributed by atoms with Crippen LogP contribution in [0.15, 0.2) is 182 Å². The number of aliphatic hydroxyl groups is 2. The zero-order chi connectivity index (χ0) is 51.7. The van der Waals surface area contributed by atoms with Gasteiger partial charge >= 0.3 is 7.12 Å². The number of carbonyl (C=O) groups is 2. The van der Waals surface area contributed by atoms with Gasteiger partial charge in [0.1, 0.15) is 30.2 Å². The number of aliphatic hydroxyl groups excluding tert-OH is 2. The summed E-state index contributed by atoms with van der Waals surface area (Å²) in [6, 6.07) is 58.2. The van der Waals surface area contributed by atoms with Crippen LogP contribution in [-0.4, -0.2) is 86.1 Å². The van der Waals surface area contributed by atoms with Crippen LogP contribution in [0.4, 0.5) is 0 Å². The fourth-order valence-electron chi connectivity index (χ4n) is 11.3. The van der Waals surface area contributed by atoms with Crippen molar-refractivity contribution < 1.29 is 38.6 Å². The van der Waals surface area contributed by atoms with Crippen LogP contribution in [0, 0.1) is 0 Å². The van der Waals surface area contributed by atoms with E-state index in [1.54, 1.807) is 42.5 Å². The zero-order valence-electron chi connectivity index (χ0n) is 41.0. The molecule has 12 nitrogen and oxygen atoms in total. The quantitative estimate of drug-likeness (QED) is 0.113. The fraction of sp³-hybridized carbons (Fsp3) is 0.0938. The van der Waals surface area contributed by atoms with Crippen molar-refractivity contribution in [2.45, 2.75) is 30.7 Å². The largest absolute Gasteiger partial charge is 0.494 e. The minimum atomic E-state index is -1.62. The molecule has 4 N–H and O–H groups in total. The normalized spacial score (nSPS) is 19.4. The summed E-state index contributed by atoms with van der Waals surface area (Å²) in [6.45, 7) is -0.0489. The van der Waals surface area contributed by atoms with E-state index < -0.39 is 43.6 Å². The monoisotopic (exact) mass is 1010 g/mol. The molecule has 5 atom stereocenters. The molecule has 0 radical (unpaired) electrons. The molecule has 8 bridgehead atoms. The fourth-order valence-corrected chi connectivity index (χ4v) is 11.3. The van der Waals surface area contributed by atoms with Gasteiger partial charge in [0.2, 0.25) is 6.29 Å². The lowest BCUT2D eigenvalue weighted by Gasteiger charge is -2.46. The molecule has 2 saturated heterocycles. The lowest BCUT2D eigenvalue weighted by molar-refractivity contribution is -0.282. The summed E-state index contributed by atoms with van der Waals surface area (Å²) in [5, 5.41) is 23.6. The van der Waals surface area contributed by atoms with E-state index >= 15 is 0 Å². The lowest BCUT2D eigenvalue weighted by Crippen LogP contribution is -2.66. The first-order valence-electron chi connectivity index (χ1n) is 25.5. The summed E-state index contributed by atoms with van der Waals surface area (Å²) in [4.78, 5) is 45.8. The van der Waals surface area contributed by atoms with Gasteiger partial charge in [-0.3, -0.25) is 9.59 Å². The molecule has 9 aromatic rings. The molecule has 77 heavy (non-hydrogen) atoms. The highest BCUT2D eigenvalue weighted by molar-refractivity contribution is 6.63. The van der Waals surface area contributed by atoms with Crippen molar-refractivity contribution in [3.05, 3.63) is 227 Å². The van der Waals surface area contributed by atoms with Crippen molar-refractivity contribution in [3.63, 3.8) is 0 Å². The number of hydrogen-bond acceptors (Lipinski definition) is 10. The number of rotatable bonds is 7. The Labute approximate surface area is 441 Å². The summed E-state index contributed by atoms with van der Waals surface area (Å²) in [5.74, 6) is -0.661. The number of hydrogen-bond donors (Lipinski definition) is 4. The molecule has 0 amide bonds. The van der Waals surface area contributed by atoms with Crippen LogP contribution >= 0.6 is 0 Å². The van der Waals surface area contributed by atoms with E-state index in [-0.39, 0.29) is 34.8 Å². The molecule has 14 rings (SSSR count). The zero-order valence-corrected chi connectivity index (χ0v) is 41.0. The van der Waals surface area contributed by atoms with Crippen molar-refractivity contribution in [1.29, 1.82) is 0 Å². The molecule has 5 aliphatic rings. The second-order valence-electron chi connectivity index (χ2n) is 19.5. The van der Waals surface area contributed by atoms with Crippen molar-refractivity contribution >= 4 is 70.5 Å². The standard InChI is InChI=1S/C64H45BN4O8/c70-59-39-21-10-11-22-40(39)60(71)58-42(59)24-14-26-52(58)75-64-62(73)61(72)63-53(76-64)35-74-65(77-63)43-25-13-12-23-41(43)57-50-33-31-48(68-50)55(37-17-6-2-7-18-37)46-29-27-44(66-46)54(36-15-4-1-5-16-36)45-28-30-47(67-45)56(38-19-8-3-9-20-38)49-32-34-51(57)69-49/h1-34,53,61-64,66,69,72-73H,35H2/t53-,61-,62-,63-,64-/m1/s1. The lowest BCUT2D eigenvalue weighted by atomic mass is 9.72. The SMILES string of the molecule is O=C1c2ccccc2C(=O)c2c(O[C@@H]3O[C@@H]4COB(c5ccccc5-c5c6nc(c(-c7ccccc7)c7ccc([nH]7)c(-c7ccccc7)c7nc(c(-c8ccccc8)c8ccc5[nH]8)C=C7)C=C6)O[C@H]4[C@H](O)[C@H]3O)cccc21. The van der Waals surface area contributed by atoms with Gasteiger partial charge in [0.05, 0.1) is 34.9 Å². The maximum atomic E-state index is 13.8. The first-order valence-corrected chi connectivity index (χ1v) is 25.5. The van der Waals surface area contributed by atoms with Crippen LogP contribution in [0.5, 0.6) is 5.75 Å². The Morgan fingerprint density at radius 3 is 1.47 bits per heavy atom. The third-order valence-corrected chi connectivity index (χ3v) is 14.9. The Morgan fingerprint density at radius 1 is 0.468 bits per heavy atom. The molecule has 0 spiro atoms. The predicted molar refractivity (Wildman–Crippen MR) is 298 cm³/mol. The average molecular weight is 1010 g/mol. The van der Waals surface area contributed by atoms with Crippen LogP contribution in [0.1, 0.15) is 54.6 Å². The maximum Gasteiger partial charge on any atom is 0.494 e. The third-order valence-electron chi connectivity index (χ3n) is 14.9. The van der Waals surface area contributed by atoms with Crippen LogP contribution in [-0.2, 0) is 14.0 Å². The van der Waals surface area contributed by atoms with Gasteiger partial charge in [-0.2, -0.15) is 0 Å². The van der Waals surface area contributed by atoms with E-state index in [0.29, 0.717) is 16.7 Å². The smallest absolute Gasteiger partial charge is 0.461 e. The molecule has 6 aromatic carbocycles. The van der Waals surface area contributed by atoms with E-state index in [0.717, 1.165) is 83.7 Å². The predicted octanol–water partition coefficient (Wildman–Crippen LogP) is 10.7. The van der Waals surface area contributed by atoms with E-state index in [1.165, 1.54) is 0 Å². The Morgan fingerprint density at radius 2 is 0.922 bits per heavy atom. The third kappa shape index (κ3) is 7.99. The number of ketones is 2. The number of ether oxygens (including phenoxy) is 2. The van der Waals surface area contributed by atoms with Crippen molar-refractivity contribution in [1.82, 2.24) is 19.9 Å². The first-order chi connectivity index (χ1) is 37.8. The topological polar surface area (TPSA) is 169 Å². The van der Waals surface area contributed by atoms with Gasteiger partial charge in [0, 0.05) is 61.0 Å². The van der Waals surface area contributed by atoms with Gasteiger partial charge in [-0.15, -0.1) is 0 Å². The highest BCUT2D eigenvalue weighted by Gasteiger charge is 2.51. The summed E-state index contributed by atoms with van der Waals surface area (Å²) < 4.78 is 25.7. The van der Waals surface area contributed by atoms with E-state index in [9.17, 15) is 19.8 Å². The van der Waals surface area contributed by atoms with Crippen molar-refractivity contribution in [2.24, 2.45) is 0 Å². The number of aromatic nitrogens is 4. The highest BCUT2D eigenvalue weighted by atomic mass is 16.7. The molecule has 0 saturated carbocycles. The molecule has 7 heterocycles. The first kappa shape index (κ1) is 46.5.